The van der Waals surface area contributed by atoms with Gasteiger partial charge in [-0.05, 0) is 57.8 Å². The molecule has 0 unspecified atom stereocenters. The molecule has 0 saturated heterocycles. The molecule has 2 aromatic rings. The lowest BCUT2D eigenvalue weighted by Crippen LogP contribution is -2.27. The first kappa shape index (κ1) is 21.4. The molecule has 1 aromatic heterocycles. The van der Waals surface area contributed by atoms with Crippen LogP contribution in [0.15, 0.2) is 23.3 Å². The molecule has 0 fully saturated rings. The third kappa shape index (κ3) is 5.78. The minimum Gasteiger partial charge on any atom is -0.450 e. The summed E-state index contributed by atoms with van der Waals surface area (Å²) >= 11 is 1.14. The van der Waals surface area contributed by atoms with Crippen LogP contribution in [-0.4, -0.2) is 35.2 Å². The van der Waals surface area contributed by atoms with Crippen molar-refractivity contribution in [2.75, 3.05) is 23.8 Å². The molecular formula is C19H25N5O3S. The molecule has 0 aliphatic heterocycles. The molecule has 0 saturated carbocycles. The number of nitrogens with zero attached hydrogens (tertiary/aromatic N) is 2. The van der Waals surface area contributed by atoms with Crippen molar-refractivity contribution in [3.8, 4) is 0 Å². The van der Waals surface area contributed by atoms with Crippen LogP contribution in [0, 0.1) is 20.8 Å². The number of anilines is 2. The minimum atomic E-state index is -0.554. The molecule has 0 atom stereocenters. The van der Waals surface area contributed by atoms with Gasteiger partial charge in [0.15, 0.2) is 0 Å². The molecule has 0 bridgehead atoms. The second-order valence-electron chi connectivity index (χ2n) is 6.22. The van der Waals surface area contributed by atoms with Crippen LogP contribution in [0.1, 0.15) is 36.2 Å². The summed E-state index contributed by atoms with van der Waals surface area (Å²) < 4.78 is 9.13. The highest BCUT2D eigenvalue weighted by atomic mass is 32.1. The number of benzene rings is 1. The lowest BCUT2D eigenvalue weighted by Gasteiger charge is -2.10. The van der Waals surface area contributed by atoms with Gasteiger partial charge in [-0.25, -0.2) is 10.2 Å². The number of ether oxygens (including phenoxy) is 1. The smallest absolute Gasteiger partial charge is 0.412 e. The second-order valence-corrected chi connectivity index (χ2v) is 7.00. The molecule has 0 aliphatic rings. The van der Waals surface area contributed by atoms with Gasteiger partial charge in [0.2, 0.25) is 0 Å². The molecular weight excluding hydrogens is 378 g/mol. The number of aromatic nitrogens is 1. The number of nitrogens with one attached hydrogen (secondary N) is 3. The van der Waals surface area contributed by atoms with E-state index < -0.39 is 6.09 Å². The van der Waals surface area contributed by atoms with Crippen molar-refractivity contribution in [2.45, 2.75) is 34.6 Å². The summed E-state index contributed by atoms with van der Waals surface area (Å²) in [6, 6.07) is 5.98. The highest BCUT2D eigenvalue weighted by molar-refractivity contribution is 7.11. The number of rotatable bonds is 7. The standard InChI is InChI=1S/C19H25N5O3S/c1-6-27-19(26)21-18-17(14(5)24-28-18)13(4)22-23-16(25)10-20-15-8-7-11(2)9-12(15)3/h7-9,20H,6,10H2,1-5H3,(H,21,26)(H,23,25)/b22-13+. The number of carbonyl (C=O) groups is 2. The molecule has 150 valence electrons. The summed E-state index contributed by atoms with van der Waals surface area (Å²) in [5.41, 5.74) is 7.58. The van der Waals surface area contributed by atoms with Crippen molar-refractivity contribution < 1.29 is 14.3 Å². The minimum absolute atomic E-state index is 0.0927. The summed E-state index contributed by atoms with van der Waals surface area (Å²) in [6.45, 7) is 9.65. The van der Waals surface area contributed by atoms with E-state index in [0.717, 1.165) is 22.8 Å². The second kappa shape index (κ2) is 9.84. The van der Waals surface area contributed by atoms with Crippen LogP contribution >= 0.6 is 11.5 Å². The van der Waals surface area contributed by atoms with Crippen molar-refractivity contribution in [3.63, 3.8) is 0 Å². The Morgan fingerprint density at radius 3 is 2.68 bits per heavy atom. The number of hydrogen-bond acceptors (Lipinski definition) is 7. The van der Waals surface area contributed by atoms with Crippen molar-refractivity contribution >= 4 is 39.9 Å². The van der Waals surface area contributed by atoms with E-state index >= 15 is 0 Å². The summed E-state index contributed by atoms with van der Waals surface area (Å²) in [4.78, 5) is 23.8. The molecule has 8 nitrogen and oxygen atoms in total. The maximum absolute atomic E-state index is 12.1. The van der Waals surface area contributed by atoms with Crippen LogP contribution in [0.25, 0.3) is 0 Å². The Balaban J connectivity index is 1.99. The normalized spacial score (nSPS) is 11.1. The zero-order valence-corrected chi connectivity index (χ0v) is 17.5. The van der Waals surface area contributed by atoms with Gasteiger partial charge in [0.05, 0.1) is 30.1 Å². The van der Waals surface area contributed by atoms with E-state index in [-0.39, 0.29) is 19.1 Å². The number of hydrazone groups is 1. The van der Waals surface area contributed by atoms with Crippen LogP contribution in [-0.2, 0) is 9.53 Å². The van der Waals surface area contributed by atoms with Crippen LogP contribution < -0.4 is 16.1 Å². The van der Waals surface area contributed by atoms with Crippen molar-refractivity contribution in [3.05, 3.63) is 40.6 Å². The highest BCUT2D eigenvalue weighted by Gasteiger charge is 2.16. The molecule has 0 radical (unpaired) electrons. The van der Waals surface area contributed by atoms with Crippen molar-refractivity contribution in [1.29, 1.82) is 0 Å². The van der Waals surface area contributed by atoms with E-state index in [1.54, 1.807) is 13.8 Å². The first-order valence-corrected chi connectivity index (χ1v) is 9.63. The van der Waals surface area contributed by atoms with Crippen LogP contribution in [0.4, 0.5) is 15.5 Å². The third-order valence-corrected chi connectivity index (χ3v) is 4.74. The number of carbonyl (C=O) groups excluding carboxylic acids is 2. The van der Waals surface area contributed by atoms with Crippen LogP contribution in [0.5, 0.6) is 0 Å². The lowest BCUT2D eigenvalue weighted by atomic mass is 10.1. The van der Waals surface area contributed by atoms with Gasteiger partial charge in [-0.2, -0.15) is 9.47 Å². The van der Waals surface area contributed by atoms with E-state index in [9.17, 15) is 9.59 Å². The fourth-order valence-electron chi connectivity index (χ4n) is 2.57. The third-order valence-electron chi connectivity index (χ3n) is 3.89. The summed E-state index contributed by atoms with van der Waals surface area (Å²) in [5, 5.41) is 10.4. The first-order chi connectivity index (χ1) is 13.3. The Morgan fingerprint density at radius 2 is 2.00 bits per heavy atom. The quantitative estimate of drug-likeness (QED) is 0.484. The average Bonchev–Trinajstić information content (AvgIpc) is 2.99. The van der Waals surface area contributed by atoms with Gasteiger partial charge < -0.3 is 10.1 Å². The van der Waals surface area contributed by atoms with Crippen molar-refractivity contribution in [2.24, 2.45) is 5.10 Å². The van der Waals surface area contributed by atoms with E-state index in [2.05, 4.69) is 25.5 Å². The summed E-state index contributed by atoms with van der Waals surface area (Å²) in [7, 11) is 0. The molecule has 3 N–H and O–H groups in total. The predicted molar refractivity (Wildman–Crippen MR) is 112 cm³/mol. The summed E-state index contributed by atoms with van der Waals surface area (Å²) in [6.07, 6.45) is -0.554. The molecule has 2 amide bonds. The average molecular weight is 404 g/mol. The summed E-state index contributed by atoms with van der Waals surface area (Å²) in [5.74, 6) is -0.278. The zero-order chi connectivity index (χ0) is 20.7. The van der Waals surface area contributed by atoms with Gasteiger partial charge in [-0.3, -0.25) is 10.1 Å². The lowest BCUT2D eigenvalue weighted by molar-refractivity contribution is -0.119. The molecule has 0 spiro atoms. The Morgan fingerprint density at radius 1 is 1.25 bits per heavy atom. The Labute approximate surface area is 168 Å². The van der Waals surface area contributed by atoms with Gasteiger partial charge in [-0.1, -0.05) is 17.7 Å². The van der Waals surface area contributed by atoms with Gasteiger partial charge >= 0.3 is 6.09 Å². The van der Waals surface area contributed by atoms with E-state index in [1.165, 1.54) is 5.56 Å². The van der Waals surface area contributed by atoms with Crippen molar-refractivity contribution in [1.82, 2.24) is 9.80 Å². The fraction of sp³-hybridized carbons (Fsp3) is 0.368. The molecule has 2 rings (SSSR count). The molecule has 1 heterocycles. The van der Waals surface area contributed by atoms with E-state index in [1.807, 2.05) is 39.0 Å². The molecule has 0 aliphatic carbocycles. The Kier molecular flexibility index (Phi) is 7.51. The number of hydrogen-bond donors (Lipinski definition) is 3. The Hall–Kier alpha value is -2.94. The maximum Gasteiger partial charge on any atom is 0.412 e. The SMILES string of the molecule is CCOC(=O)Nc1snc(C)c1/C(C)=N/NC(=O)CNc1ccc(C)cc1C. The van der Waals surface area contributed by atoms with Crippen LogP contribution in [0.3, 0.4) is 0 Å². The van der Waals surface area contributed by atoms with E-state index in [4.69, 9.17) is 4.74 Å². The predicted octanol–water partition coefficient (Wildman–Crippen LogP) is 3.59. The zero-order valence-electron chi connectivity index (χ0n) is 16.7. The van der Waals surface area contributed by atoms with Gasteiger partial charge in [0.25, 0.3) is 5.91 Å². The van der Waals surface area contributed by atoms with Gasteiger partial charge in [0, 0.05) is 5.69 Å². The largest absolute Gasteiger partial charge is 0.450 e. The molecule has 1 aromatic carbocycles. The monoisotopic (exact) mass is 403 g/mol. The van der Waals surface area contributed by atoms with Gasteiger partial charge in [-0.15, -0.1) is 0 Å². The maximum atomic E-state index is 12.1. The fourth-order valence-corrected chi connectivity index (χ4v) is 3.41. The van der Waals surface area contributed by atoms with E-state index in [0.29, 0.717) is 22.0 Å². The Bertz CT molecular complexity index is 892. The molecule has 9 heteroatoms. The highest BCUT2D eigenvalue weighted by Crippen LogP contribution is 2.25. The van der Waals surface area contributed by atoms with Crippen LogP contribution in [0.2, 0.25) is 0 Å². The number of aryl methyl sites for hydroxylation is 3. The van der Waals surface area contributed by atoms with Gasteiger partial charge in [0.1, 0.15) is 5.00 Å². The topological polar surface area (TPSA) is 105 Å². The first-order valence-electron chi connectivity index (χ1n) is 8.86. The molecule has 28 heavy (non-hydrogen) atoms. The number of amides is 2.